The monoisotopic (exact) mass is 330 g/mol. The Morgan fingerprint density at radius 2 is 1.91 bits per heavy atom. The van der Waals surface area contributed by atoms with Crippen molar-refractivity contribution in [1.82, 2.24) is 20.3 Å². The molecule has 22 heavy (non-hydrogen) atoms. The van der Waals surface area contributed by atoms with Crippen molar-refractivity contribution < 1.29 is 13.2 Å². The Balaban J connectivity index is 2.34. The number of urea groups is 1. The lowest BCUT2D eigenvalue weighted by Gasteiger charge is -2.09. The van der Waals surface area contributed by atoms with Gasteiger partial charge in [0, 0.05) is 24.3 Å². The second-order valence-corrected chi connectivity index (χ2v) is 6.91. The molecule has 1 aromatic heterocycles. The van der Waals surface area contributed by atoms with E-state index in [1.807, 2.05) is 13.0 Å². The van der Waals surface area contributed by atoms with Gasteiger partial charge in [-0.3, -0.25) is 4.79 Å². The SMILES string of the molecule is Cc1cc(C)c(CNC(=O)NCCCNS(C)(=O)=O)c(=O)[nH]1. The van der Waals surface area contributed by atoms with Crippen molar-refractivity contribution in [2.24, 2.45) is 0 Å². The summed E-state index contributed by atoms with van der Waals surface area (Å²) in [6.45, 7) is 4.33. The van der Waals surface area contributed by atoms with Crippen LogP contribution in [0.1, 0.15) is 23.2 Å². The first kappa shape index (κ1) is 18.2. The van der Waals surface area contributed by atoms with Crippen LogP contribution in [0.5, 0.6) is 0 Å². The van der Waals surface area contributed by atoms with Gasteiger partial charge in [0.15, 0.2) is 0 Å². The molecule has 0 bridgehead atoms. The molecular weight excluding hydrogens is 308 g/mol. The van der Waals surface area contributed by atoms with Crippen LogP contribution in [0.2, 0.25) is 0 Å². The van der Waals surface area contributed by atoms with E-state index in [0.29, 0.717) is 18.5 Å². The van der Waals surface area contributed by atoms with E-state index in [1.54, 1.807) is 6.92 Å². The fourth-order valence-corrected chi connectivity index (χ4v) is 2.40. The van der Waals surface area contributed by atoms with Crippen LogP contribution in [-0.4, -0.2) is 38.8 Å². The van der Waals surface area contributed by atoms with Gasteiger partial charge in [0.05, 0.1) is 12.8 Å². The third-order valence-corrected chi connectivity index (χ3v) is 3.65. The van der Waals surface area contributed by atoms with Gasteiger partial charge in [0.1, 0.15) is 0 Å². The molecule has 0 radical (unpaired) electrons. The van der Waals surface area contributed by atoms with Crippen molar-refractivity contribution >= 4 is 16.1 Å². The highest BCUT2D eigenvalue weighted by atomic mass is 32.2. The molecular formula is C13H22N4O4S. The lowest BCUT2D eigenvalue weighted by molar-refractivity contribution is 0.240. The third-order valence-electron chi connectivity index (χ3n) is 2.92. The molecule has 0 aliphatic carbocycles. The van der Waals surface area contributed by atoms with Crippen molar-refractivity contribution in [1.29, 1.82) is 0 Å². The number of sulfonamides is 1. The summed E-state index contributed by atoms with van der Waals surface area (Å²) in [6.07, 6.45) is 1.55. The van der Waals surface area contributed by atoms with Crippen LogP contribution in [0.3, 0.4) is 0 Å². The lowest BCUT2D eigenvalue weighted by Crippen LogP contribution is -2.38. The van der Waals surface area contributed by atoms with E-state index in [-0.39, 0.29) is 18.6 Å². The first-order valence-electron chi connectivity index (χ1n) is 6.85. The Bertz CT molecular complexity index is 682. The first-order chi connectivity index (χ1) is 10.2. The molecule has 1 aromatic rings. The van der Waals surface area contributed by atoms with Gasteiger partial charge in [0.2, 0.25) is 10.0 Å². The summed E-state index contributed by atoms with van der Waals surface area (Å²) in [5, 5.41) is 5.19. The number of hydrogen-bond donors (Lipinski definition) is 4. The quantitative estimate of drug-likeness (QED) is 0.514. The summed E-state index contributed by atoms with van der Waals surface area (Å²) in [5.41, 5.74) is 1.89. The summed E-state index contributed by atoms with van der Waals surface area (Å²) >= 11 is 0. The molecule has 0 atom stereocenters. The van der Waals surface area contributed by atoms with Crippen molar-refractivity contribution in [3.8, 4) is 0 Å². The molecule has 0 spiro atoms. The number of aromatic amines is 1. The third kappa shape index (κ3) is 6.72. The second-order valence-electron chi connectivity index (χ2n) is 5.07. The minimum Gasteiger partial charge on any atom is -0.338 e. The maximum absolute atomic E-state index is 11.8. The molecule has 2 amide bonds. The van der Waals surface area contributed by atoms with Gasteiger partial charge >= 0.3 is 6.03 Å². The van der Waals surface area contributed by atoms with Crippen LogP contribution >= 0.6 is 0 Å². The molecule has 0 fully saturated rings. The number of aryl methyl sites for hydroxylation is 2. The minimum atomic E-state index is -3.20. The molecule has 0 unspecified atom stereocenters. The van der Waals surface area contributed by atoms with Crippen LogP contribution in [-0.2, 0) is 16.6 Å². The largest absolute Gasteiger partial charge is 0.338 e. The van der Waals surface area contributed by atoms with Gasteiger partial charge < -0.3 is 15.6 Å². The number of rotatable bonds is 7. The Hall–Kier alpha value is -1.87. The molecule has 0 aliphatic rings. The molecule has 124 valence electrons. The predicted molar refractivity (Wildman–Crippen MR) is 84.2 cm³/mol. The van der Waals surface area contributed by atoms with E-state index >= 15 is 0 Å². The highest BCUT2D eigenvalue weighted by Crippen LogP contribution is 2.02. The fraction of sp³-hybridized carbons (Fsp3) is 0.538. The Labute approximate surface area is 129 Å². The van der Waals surface area contributed by atoms with Crippen LogP contribution in [0.25, 0.3) is 0 Å². The van der Waals surface area contributed by atoms with Crippen molar-refractivity contribution in [3.63, 3.8) is 0 Å². The Morgan fingerprint density at radius 3 is 2.50 bits per heavy atom. The molecule has 0 saturated heterocycles. The average Bonchev–Trinajstić information content (AvgIpc) is 2.35. The zero-order valence-electron chi connectivity index (χ0n) is 12.9. The summed E-state index contributed by atoms with van der Waals surface area (Å²) in [5.74, 6) is 0. The molecule has 0 saturated carbocycles. The maximum Gasteiger partial charge on any atom is 0.315 e. The molecule has 1 heterocycles. The molecule has 8 nitrogen and oxygen atoms in total. The van der Waals surface area contributed by atoms with E-state index in [1.165, 1.54) is 0 Å². The van der Waals surface area contributed by atoms with E-state index in [0.717, 1.165) is 17.5 Å². The number of amides is 2. The van der Waals surface area contributed by atoms with Gasteiger partial charge in [0.25, 0.3) is 5.56 Å². The minimum absolute atomic E-state index is 0.134. The van der Waals surface area contributed by atoms with Crippen molar-refractivity contribution in [2.45, 2.75) is 26.8 Å². The summed E-state index contributed by atoms with van der Waals surface area (Å²) < 4.78 is 24.0. The first-order valence-corrected chi connectivity index (χ1v) is 8.74. The second kappa shape index (κ2) is 7.95. The van der Waals surface area contributed by atoms with Gasteiger partial charge in [-0.25, -0.2) is 17.9 Å². The van der Waals surface area contributed by atoms with Gasteiger partial charge in [-0.05, 0) is 31.9 Å². The summed E-state index contributed by atoms with van der Waals surface area (Å²) in [4.78, 5) is 26.1. The number of pyridine rings is 1. The Morgan fingerprint density at radius 1 is 1.23 bits per heavy atom. The molecule has 1 rings (SSSR count). The normalized spacial score (nSPS) is 11.2. The van der Waals surface area contributed by atoms with Crippen LogP contribution < -0.4 is 20.9 Å². The van der Waals surface area contributed by atoms with Crippen LogP contribution in [0.4, 0.5) is 4.79 Å². The number of aromatic nitrogens is 1. The fourth-order valence-electron chi connectivity index (χ4n) is 1.88. The van der Waals surface area contributed by atoms with Crippen LogP contribution in [0.15, 0.2) is 10.9 Å². The number of carbonyl (C=O) groups excluding carboxylic acids is 1. The Kier molecular flexibility index (Phi) is 6.57. The number of nitrogens with one attached hydrogen (secondary N) is 4. The van der Waals surface area contributed by atoms with Gasteiger partial charge in [-0.1, -0.05) is 0 Å². The standard InChI is InChI=1S/C13H22N4O4S/c1-9-7-10(2)17-12(18)11(9)8-15-13(19)14-5-4-6-16-22(3,20)21/h7,16H,4-6,8H2,1-3H3,(H,17,18)(H2,14,15,19). The van der Waals surface area contributed by atoms with E-state index in [2.05, 4.69) is 20.3 Å². The van der Waals surface area contributed by atoms with Crippen molar-refractivity contribution in [3.05, 3.63) is 33.2 Å². The van der Waals surface area contributed by atoms with E-state index in [4.69, 9.17) is 0 Å². The predicted octanol–water partition coefficient (Wildman–Crippen LogP) is -0.270. The van der Waals surface area contributed by atoms with Crippen molar-refractivity contribution in [2.75, 3.05) is 19.3 Å². The number of carbonyl (C=O) groups is 1. The van der Waals surface area contributed by atoms with Gasteiger partial charge in [-0.15, -0.1) is 0 Å². The molecule has 9 heteroatoms. The zero-order chi connectivity index (χ0) is 16.8. The summed E-state index contributed by atoms with van der Waals surface area (Å²) in [7, 11) is -3.20. The molecule has 4 N–H and O–H groups in total. The lowest BCUT2D eigenvalue weighted by atomic mass is 10.1. The van der Waals surface area contributed by atoms with E-state index < -0.39 is 16.1 Å². The summed E-state index contributed by atoms with van der Waals surface area (Å²) in [6, 6.07) is 1.44. The number of hydrogen-bond acceptors (Lipinski definition) is 4. The van der Waals surface area contributed by atoms with Crippen LogP contribution in [0, 0.1) is 13.8 Å². The average molecular weight is 330 g/mol. The van der Waals surface area contributed by atoms with E-state index in [9.17, 15) is 18.0 Å². The maximum atomic E-state index is 11.8. The highest BCUT2D eigenvalue weighted by molar-refractivity contribution is 7.88. The molecule has 0 aliphatic heterocycles. The zero-order valence-corrected chi connectivity index (χ0v) is 13.8. The molecule has 0 aromatic carbocycles. The highest BCUT2D eigenvalue weighted by Gasteiger charge is 2.07. The smallest absolute Gasteiger partial charge is 0.315 e. The van der Waals surface area contributed by atoms with Gasteiger partial charge in [-0.2, -0.15) is 0 Å². The topological polar surface area (TPSA) is 120 Å². The number of H-pyrrole nitrogens is 1.